The first-order valence-corrected chi connectivity index (χ1v) is 11.1. The Morgan fingerprint density at radius 3 is 2.66 bits per heavy atom. The molecule has 3 aromatic rings. The molecular formula is C27H23NS. The Bertz CT molecular complexity index is 1330. The number of benzene rings is 3. The second-order valence-electron chi connectivity index (χ2n) is 7.44. The molecule has 1 aliphatic heterocycles. The average Bonchev–Trinajstić information content (AvgIpc) is 3.05. The largest absolute Gasteiger partial charge is 0.256 e. The van der Waals surface area contributed by atoms with Crippen molar-refractivity contribution in [3.63, 3.8) is 0 Å². The van der Waals surface area contributed by atoms with Gasteiger partial charge in [-0.3, -0.25) is 4.99 Å². The number of fused-ring (bicyclic) bond motifs is 5. The van der Waals surface area contributed by atoms with Gasteiger partial charge in [0.25, 0.3) is 0 Å². The lowest BCUT2D eigenvalue weighted by molar-refractivity contribution is 0.824. The summed E-state index contributed by atoms with van der Waals surface area (Å²) >= 11 is 1.70. The van der Waals surface area contributed by atoms with Crippen LogP contribution in [-0.2, 0) is 12.8 Å². The van der Waals surface area contributed by atoms with Gasteiger partial charge >= 0.3 is 0 Å². The van der Waals surface area contributed by atoms with Crippen LogP contribution in [-0.4, -0.2) is 6.21 Å². The van der Waals surface area contributed by atoms with Crippen LogP contribution in [0, 0.1) is 10.4 Å². The minimum Gasteiger partial charge on any atom is -0.256 e. The summed E-state index contributed by atoms with van der Waals surface area (Å²) in [5.41, 5.74) is 4.23. The van der Waals surface area contributed by atoms with Crippen molar-refractivity contribution in [2.24, 2.45) is 4.99 Å². The van der Waals surface area contributed by atoms with Crippen LogP contribution in [0.25, 0.3) is 12.2 Å². The summed E-state index contributed by atoms with van der Waals surface area (Å²) in [5, 5.41) is 7.78. The SMILES string of the molecule is C1=CSc2ccccc2N=C1.C1=c2ccc3c(c2CCC1)CC=c1ccccc1=3. The molecule has 0 saturated carbocycles. The van der Waals surface area contributed by atoms with E-state index in [4.69, 9.17) is 0 Å². The molecule has 0 fully saturated rings. The molecule has 3 aromatic carbocycles. The Hall–Kier alpha value is -2.84. The lowest BCUT2D eigenvalue weighted by atomic mass is 9.89. The lowest BCUT2D eigenvalue weighted by Gasteiger charge is -2.16. The minimum absolute atomic E-state index is 1.06. The molecular weight excluding hydrogens is 370 g/mol. The van der Waals surface area contributed by atoms with E-state index in [1.165, 1.54) is 45.0 Å². The van der Waals surface area contributed by atoms with Crippen LogP contribution in [0.5, 0.6) is 0 Å². The number of aliphatic imine (C=N–C) groups is 1. The Labute approximate surface area is 175 Å². The van der Waals surface area contributed by atoms with E-state index in [0.29, 0.717) is 0 Å². The number of allylic oxidation sites excluding steroid dienone is 1. The Kier molecular flexibility index (Phi) is 5.19. The topological polar surface area (TPSA) is 12.4 Å². The van der Waals surface area contributed by atoms with Gasteiger partial charge in [0.15, 0.2) is 0 Å². The monoisotopic (exact) mass is 393 g/mol. The highest BCUT2D eigenvalue weighted by molar-refractivity contribution is 8.02. The maximum Gasteiger partial charge on any atom is 0.0768 e. The van der Waals surface area contributed by atoms with Gasteiger partial charge in [0.1, 0.15) is 0 Å². The van der Waals surface area contributed by atoms with E-state index in [-0.39, 0.29) is 0 Å². The predicted octanol–water partition coefficient (Wildman–Crippen LogP) is 5.44. The van der Waals surface area contributed by atoms with Crippen molar-refractivity contribution in [3.8, 4) is 0 Å². The molecule has 0 spiro atoms. The maximum absolute atomic E-state index is 4.25. The third-order valence-electron chi connectivity index (χ3n) is 5.68. The van der Waals surface area contributed by atoms with E-state index in [2.05, 4.69) is 59.6 Å². The van der Waals surface area contributed by atoms with E-state index in [1.54, 1.807) is 22.9 Å². The van der Waals surface area contributed by atoms with E-state index in [1.807, 2.05) is 35.9 Å². The van der Waals surface area contributed by atoms with Crippen LogP contribution < -0.4 is 10.4 Å². The number of nitrogens with zero attached hydrogens (tertiary/aromatic N) is 1. The molecule has 0 saturated heterocycles. The van der Waals surface area contributed by atoms with E-state index in [0.717, 1.165) is 12.1 Å². The normalized spacial score (nSPS) is 15.2. The summed E-state index contributed by atoms with van der Waals surface area (Å²) in [6, 6.07) is 21.5. The van der Waals surface area contributed by atoms with Crippen molar-refractivity contribution in [1.29, 1.82) is 0 Å². The lowest BCUT2D eigenvalue weighted by Crippen LogP contribution is -2.19. The fourth-order valence-corrected chi connectivity index (χ4v) is 4.98. The number of hydrogen-bond acceptors (Lipinski definition) is 2. The second kappa shape index (κ2) is 8.26. The number of hydrogen-bond donors (Lipinski definition) is 0. The highest BCUT2D eigenvalue weighted by Crippen LogP contribution is 2.30. The molecule has 1 heterocycles. The number of rotatable bonds is 0. The quantitative estimate of drug-likeness (QED) is 0.496. The zero-order valence-corrected chi connectivity index (χ0v) is 17.2. The summed E-state index contributed by atoms with van der Waals surface area (Å²) in [6.45, 7) is 0. The Balaban J connectivity index is 0.000000142. The van der Waals surface area contributed by atoms with Crippen molar-refractivity contribution in [3.05, 3.63) is 104 Å². The molecule has 6 rings (SSSR count). The molecule has 2 heteroatoms. The molecule has 0 N–H and O–H groups in total. The van der Waals surface area contributed by atoms with E-state index < -0.39 is 0 Å². The predicted molar refractivity (Wildman–Crippen MR) is 125 cm³/mol. The standard InChI is InChI=1S/C18H16.C9H7NS/c1-3-7-15-13(5-1)9-11-18-16-8-4-2-6-14(16)10-12-17(15)18;1-2-5-9-8(4-1)10-6-3-7-11-9/h1,3,5-7,9-10,12H,2,4,8,11H2;1-7H. The van der Waals surface area contributed by atoms with E-state index in [9.17, 15) is 0 Å². The van der Waals surface area contributed by atoms with Crippen LogP contribution in [0.2, 0.25) is 0 Å². The molecule has 2 aliphatic carbocycles. The van der Waals surface area contributed by atoms with Gasteiger partial charge in [0, 0.05) is 11.1 Å². The highest BCUT2D eigenvalue weighted by Gasteiger charge is 2.10. The second-order valence-corrected chi connectivity index (χ2v) is 8.39. The van der Waals surface area contributed by atoms with Crippen molar-refractivity contribution < 1.29 is 0 Å². The highest BCUT2D eigenvalue weighted by atomic mass is 32.2. The third-order valence-corrected chi connectivity index (χ3v) is 6.57. The molecule has 0 unspecified atom stereocenters. The summed E-state index contributed by atoms with van der Waals surface area (Å²) in [5.74, 6) is 0. The summed E-state index contributed by atoms with van der Waals surface area (Å²) < 4.78 is 0. The van der Waals surface area contributed by atoms with Crippen molar-refractivity contribution >= 4 is 35.8 Å². The fourth-order valence-electron chi connectivity index (χ4n) is 4.29. The Morgan fingerprint density at radius 1 is 0.759 bits per heavy atom. The van der Waals surface area contributed by atoms with Gasteiger partial charge in [0.05, 0.1) is 5.69 Å². The minimum atomic E-state index is 1.06. The van der Waals surface area contributed by atoms with Gasteiger partial charge < -0.3 is 0 Å². The van der Waals surface area contributed by atoms with Crippen molar-refractivity contribution in [2.75, 3.05) is 0 Å². The molecule has 1 nitrogen and oxygen atoms in total. The third kappa shape index (κ3) is 3.73. The molecule has 3 aliphatic rings. The molecule has 0 aromatic heterocycles. The van der Waals surface area contributed by atoms with Crippen LogP contribution in [0.4, 0.5) is 5.69 Å². The zero-order chi connectivity index (χ0) is 19.5. The first-order valence-electron chi connectivity index (χ1n) is 10.3. The van der Waals surface area contributed by atoms with Gasteiger partial charge in [-0.25, -0.2) is 0 Å². The summed E-state index contributed by atoms with van der Waals surface area (Å²) in [4.78, 5) is 5.47. The van der Waals surface area contributed by atoms with Crippen molar-refractivity contribution in [1.82, 2.24) is 0 Å². The van der Waals surface area contributed by atoms with Crippen LogP contribution in [0.15, 0.2) is 82.0 Å². The van der Waals surface area contributed by atoms with Gasteiger partial charge in [-0.2, -0.15) is 0 Å². The molecule has 0 bridgehead atoms. The molecule has 0 radical (unpaired) electrons. The molecule has 0 amide bonds. The average molecular weight is 394 g/mol. The van der Waals surface area contributed by atoms with Gasteiger partial charge in [0.2, 0.25) is 0 Å². The maximum atomic E-state index is 4.25. The number of para-hydroxylation sites is 1. The van der Waals surface area contributed by atoms with Crippen molar-refractivity contribution in [2.45, 2.75) is 30.6 Å². The fraction of sp³-hybridized carbons (Fsp3) is 0.148. The molecule has 29 heavy (non-hydrogen) atoms. The number of thioether (sulfide) groups is 1. The molecule has 142 valence electrons. The van der Waals surface area contributed by atoms with E-state index >= 15 is 0 Å². The smallest absolute Gasteiger partial charge is 0.0768 e. The van der Waals surface area contributed by atoms with Gasteiger partial charge in [-0.15, -0.1) is 0 Å². The van der Waals surface area contributed by atoms with Crippen LogP contribution in [0.3, 0.4) is 0 Å². The zero-order valence-electron chi connectivity index (χ0n) is 16.3. The molecule has 0 atom stereocenters. The van der Waals surface area contributed by atoms with Crippen LogP contribution >= 0.6 is 11.8 Å². The van der Waals surface area contributed by atoms with Gasteiger partial charge in [-0.05, 0) is 81.3 Å². The summed E-state index contributed by atoms with van der Waals surface area (Å²) in [7, 11) is 0. The summed E-state index contributed by atoms with van der Waals surface area (Å²) in [6.07, 6.45) is 13.5. The first kappa shape index (κ1) is 18.2. The van der Waals surface area contributed by atoms with Crippen LogP contribution in [0.1, 0.15) is 24.0 Å². The Morgan fingerprint density at radius 2 is 1.66 bits per heavy atom. The first-order chi connectivity index (χ1) is 14.4. The van der Waals surface area contributed by atoms with Gasteiger partial charge in [-0.1, -0.05) is 72.4 Å².